The van der Waals surface area contributed by atoms with Crippen LogP contribution in [0.2, 0.25) is 0 Å². The number of nitrogens with zero attached hydrogens (tertiary/aromatic N) is 1. The van der Waals surface area contributed by atoms with Crippen molar-refractivity contribution in [2.45, 2.75) is 58.3 Å². The molecule has 0 aliphatic carbocycles. The summed E-state index contributed by atoms with van der Waals surface area (Å²) in [5.74, 6) is -0.0459. The fraction of sp³-hybridized carbons (Fsp3) is 0.647. The SMILES string of the molecule is CCCCCCCCCCNC(=O)c1cnccc1NC. The van der Waals surface area contributed by atoms with Gasteiger partial charge in [-0.15, -0.1) is 0 Å². The Kier molecular flexibility index (Phi) is 9.25. The van der Waals surface area contributed by atoms with Crippen molar-refractivity contribution in [3.8, 4) is 0 Å². The molecule has 0 aromatic carbocycles. The Hall–Kier alpha value is -1.58. The minimum absolute atomic E-state index is 0.0459. The van der Waals surface area contributed by atoms with Gasteiger partial charge < -0.3 is 10.6 Å². The largest absolute Gasteiger partial charge is 0.387 e. The summed E-state index contributed by atoms with van der Waals surface area (Å²) < 4.78 is 0. The molecular weight excluding hydrogens is 262 g/mol. The van der Waals surface area contributed by atoms with Crippen LogP contribution in [-0.4, -0.2) is 24.5 Å². The van der Waals surface area contributed by atoms with Crippen molar-refractivity contribution in [1.82, 2.24) is 10.3 Å². The number of hydrogen-bond acceptors (Lipinski definition) is 3. The second kappa shape index (κ2) is 11.1. The third-order valence-corrected chi connectivity index (χ3v) is 3.65. The van der Waals surface area contributed by atoms with Crippen molar-refractivity contribution < 1.29 is 4.79 Å². The Morgan fingerprint density at radius 3 is 2.43 bits per heavy atom. The second-order valence-corrected chi connectivity index (χ2v) is 5.40. The minimum atomic E-state index is -0.0459. The first-order valence-corrected chi connectivity index (χ1v) is 8.19. The highest BCUT2D eigenvalue weighted by Gasteiger charge is 2.09. The maximum atomic E-state index is 12.0. The molecule has 0 bridgehead atoms. The van der Waals surface area contributed by atoms with E-state index in [0.29, 0.717) is 5.56 Å². The highest BCUT2D eigenvalue weighted by molar-refractivity contribution is 5.99. The molecule has 21 heavy (non-hydrogen) atoms. The monoisotopic (exact) mass is 291 g/mol. The molecule has 4 nitrogen and oxygen atoms in total. The van der Waals surface area contributed by atoms with Gasteiger partial charge in [0, 0.05) is 31.7 Å². The lowest BCUT2D eigenvalue weighted by molar-refractivity contribution is 0.0953. The minimum Gasteiger partial charge on any atom is -0.387 e. The molecule has 0 aliphatic heterocycles. The fourth-order valence-electron chi connectivity index (χ4n) is 2.35. The van der Waals surface area contributed by atoms with Gasteiger partial charge in [0.15, 0.2) is 0 Å². The number of anilines is 1. The quantitative estimate of drug-likeness (QED) is 0.606. The van der Waals surface area contributed by atoms with E-state index in [2.05, 4.69) is 22.5 Å². The number of pyridine rings is 1. The molecule has 1 amide bonds. The summed E-state index contributed by atoms with van der Waals surface area (Å²) in [5, 5.41) is 5.98. The van der Waals surface area contributed by atoms with Crippen LogP contribution in [0.15, 0.2) is 18.5 Å². The molecule has 2 N–H and O–H groups in total. The standard InChI is InChI=1S/C17H29N3O/c1-3-4-5-6-7-8-9-10-12-20-17(21)15-14-19-13-11-16(15)18-2/h11,13-14H,3-10,12H2,1-2H3,(H,18,19)(H,20,21). The van der Waals surface area contributed by atoms with E-state index in [1.54, 1.807) is 12.4 Å². The third kappa shape index (κ3) is 7.11. The van der Waals surface area contributed by atoms with E-state index in [4.69, 9.17) is 0 Å². The maximum absolute atomic E-state index is 12.0. The predicted molar refractivity (Wildman–Crippen MR) is 88.7 cm³/mol. The van der Waals surface area contributed by atoms with E-state index in [-0.39, 0.29) is 5.91 Å². The molecule has 0 spiro atoms. The number of amides is 1. The first kappa shape index (κ1) is 17.5. The highest BCUT2D eigenvalue weighted by atomic mass is 16.1. The summed E-state index contributed by atoms with van der Waals surface area (Å²) in [6, 6.07) is 1.81. The van der Waals surface area contributed by atoms with E-state index in [1.165, 1.54) is 44.9 Å². The molecule has 1 aromatic heterocycles. The Morgan fingerprint density at radius 2 is 1.76 bits per heavy atom. The average molecular weight is 291 g/mol. The Balaban J connectivity index is 2.11. The zero-order valence-electron chi connectivity index (χ0n) is 13.5. The molecule has 0 atom stereocenters. The zero-order chi connectivity index (χ0) is 15.3. The van der Waals surface area contributed by atoms with Crippen LogP contribution in [0, 0.1) is 0 Å². The number of carbonyl (C=O) groups excluding carboxylic acids is 1. The summed E-state index contributed by atoms with van der Waals surface area (Å²) in [6.45, 7) is 2.98. The van der Waals surface area contributed by atoms with Crippen LogP contribution in [0.3, 0.4) is 0 Å². The molecular formula is C17H29N3O. The summed E-state index contributed by atoms with van der Waals surface area (Å²) >= 11 is 0. The van der Waals surface area contributed by atoms with Gasteiger partial charge in [0.1, 0.15) is 0 Å². The lowest BCUT2D eigenvalue weighted by Gasteiger charge is -2.09. The van der Waals surface area contributed by atoms with Gasteiger partial charge in [-0.05, 0) is 12.5 Å². The molecule has 1 heterocycles. The average Bonchev–Trinajstić information content (AvgIpc) is 2.53. The van der Waals surface area contributed by atoms with Crippen LogP contribution < -0.4 is 10.6 Å². The number of rotatable bonds is 11. The van der Waals surface area contributed by atoms with Gasteiger partial charge in [-0.3, -0.25) is 9.78 Å². The lowest BCUT2D eigenvalue weighted by Crippen LogP contribution is -2.25. The van der Waals surface area contributed by atoms with Crippen LogP contribution in [-0.2, 0) is 0 Å². The summed E-state index contributed by atoms with van der Waals surface area (Å²) in [4.78, 5) is 16.0. The summed E-state index contributed by atoms with van der Waals surface area (Å²) in [7, 11) is 1.81. The van der Waals surface area contributed by atoms with E-state index in [1.807, 2.05) is 13.1 Å². The van der Waals surface area contributed by atoms with Gasteiger partial charge >= 0.3 is 0 Å². The molecule has 0 saturated carbocycles. The van der Waals surface area contributed by atoms with Crippen LogP contribution in [0.4, 0.5) is 5.69 Å². The molecule has 0 saturated heterocycles. The molecule has 0 aliphatic rings. The van der Waals surface area contributed by atoms with E-state index in [0.717, 1.165) is 18.7 Å². The molecule has 1 aromatic rings. The van der Waals surface area contributed by atoms with Gasteiger partial charge in [0.25, 0.3) is 5.91 Å². The Labute approximate surface area is 128 Å². The molecule has 0 fully saturated rings. The van der Waals surface area contributed by atoms with Gasteiger partial charge in [0.2, 0.25) is 0 Å². The molecule has 0 radical (unpaired) electrons. The first-order chi connectivity index (χ1) is 10.3. The van der Waals surface area contributed by atoms with Gasteiger partial charge in [-0.25, -0.2) is 0 Å². The van der Waals surface area contributed by atoms with Crippen molar-refractivity contribution in [1.29, 1.82) is 0 Å². The number of hydrogen-bond donors (Lipinski definition) is 2. The van der Waals surface area contributed by atoms with Crippen molar-refractivity contribution >= 4 is 11.6 Å². The van der Waals surface area contributed by atoms with Crippen LogP contribution in [0.5, 0.6) is 0 Å². The topological polar surface area (TPSA) is 54.0 Å². The van der Waals surface area contributed by atoms with Gasteiger partial charge in [-0.2, -0.15) is 0 Å². The Morgan fingerprint density at radius 1 is 1.10 bits per heavy atom. The van der Waals surface area contributed by atoms with Crippen LogP contribution >= 0.6 is 0 Å². The smallest absolute Gasteiger partial charge is 0.254 e. The van der Waals surface area contributed by atoms with Crippen molar-refractivity contribution in [3.63, 3.8) is 0 Å². The molecule has 4 heteroatoms. The molecule has 1 rings (SSSR count). The summed E-state index contributed by atoms with van der Waals surface area (Å²) in [6.07, 6.45) is 13.5. The highest BCUT2D eigenvalue weighted by Crippen LogP contribution is 2.12. The summed E-state index contributed by atoms with van der Waals surface area (Å²) in [5.41, 5.74) is 1.43. The maximum Gasteiger partial charge on any atom is 0.254 e. The number of carbonyl (C=O) groups is 1. The third-order valence-electron chi connectivity index (χ3n) is 3.65. The predicted octanol–water partition coefficient (Wildman–Crippen LogP) is 3.99. The number of nitrogens with one attached hydrogen (secondary N) is 2. The molecule has 118 valence electrons. The first-order valence-electron chi connectivity index (χ1n) is 8.19. The number of unbranched alkanes of at least 4 members (excludes halogenated alkanes) is 7. The van der Waals surface area contributed by atoms with Gasteiger partial charge in [-0.1, -0.05) is 51.9 Å². The van der Waals surface area contributed by atoms with Crippen LogP contribution in [0.25, 0.3) is 0 Å². The normalized spacial score (nSPS) is 10.4. The van der Waals surface area contributed by atoms with E-state index < -0.39 is 0 Å². The Bertz CT molecular complexity index is 407. The second-order valence-electron chi connectivity index (χ2n) is 5.40. The zero-order valence-corrected chi connectivity index (χ0v) is 13.5. The fourth-order valence-corrected chi connectivity index (χ4v) is 2.35. The molecule has 0 unspecified atom stereocenters. The number of aromatic nitrogens is 1. The van der Waals surface area contributed by atoms with Crippen molar-refractivity contribution in [2.75, 3.05) is 18.9 Å². The van der Waals surface area contributed by atoms with Gasteiger partial charge in [0.05, 0.1) is 5.56 Å². The van der Waals surface area contributed by atoms with Crippen molar-refractivity contribution in [2.24, 2.45) is 0 Å². The van der Waals surface area contributed by atoms with Crippen LogP contribution in [0.1, 0.15) is 68.6 Å². The van der Waals surface area contributed by atoms with Crippen molar-refractivity contribution in [3.05, 3.63) is 24.0 Å². The van der Waals surface area contributed by atoms with E-state index in [9.17, 15) is 4.79 Å². The lowest BCUT2D eigenvalue weighted by atomic mass is 10.1. The van der Waals surface area contributed by atoms with E-state index >= 15 is 0 Å².